The van der Waals surface area contributed by atoms with Crippen molar-refractivity contribution in [3.8, 4) is 5.75 Å². The van der Waals surface area contributed by atoms with E-state index in [0.717, 1.165) is 5.56 Å². The molecule has 0 spiro atoms. The van der Waals surface area contributed by atoms with Crippen LogP contribution in [0.3, 0.4) is 0 Å². The molecule has 0 bridgehead atoms. The van der Waals surface area contributed by atoms with E-state index in [4.69, 9.17) is 23.8 Å². The Labute approximate surface area is 154 Å². The van der Waals surface area contributed by atoms with Gasteiger partial charge in [0.2, 0.25) is 0 Å². The second kappa shape index (κ2) is 6.97. The number of thiocarbonyl (C=S) groups is 1. The third kappa shape index (κ3) is 3.64. The second-order valence-corrected chi connectivity index (χ2v) is 7.57. The van der Waals surface area contributed by atoms with Gasteiger partial charge in [-0.2, -0.15) is 0 Å². The van der Waals surface area contributed by atoms with Gasteiger partial charge < -0.3 is 5.11 Å². The highest BCUT2D eigenvalue weighted by Gasteiger charge is 2.32. The lowest BCUT2D eigenvalue weighted by Gasteiger charge is -2.14. The van der Waals surface area contributed by atoms with Crippen molar-refractivity contribution in [2.24, 2.45) is 0 Å². The minimum atomic E-state index is -0.162. The fraction of sp³-hybridized carbons (Fsp3) is 0.111. The van der Waals surface area contributed by atoms with Crippen LogP contribution in [0.1, 0.15) is 16.7 Å². The fourth-order valence-electron chi connectivity index (χ4n) is 2.29. The monoisotopic (exact) mass is 375 g/mol. The Morgan fingerprint density at radius 3 is 2.67 bits per heavy atom. The molecule has 1 amide bonds. The molecule has 6 heteroatoms. The summed E-state index contributed by atoms with van der Waals surface area (Å²) in [7, 11) is 0. The third-order valence-corrected chi connectivity index (χ3v) is 5.22. The Hall–Kier alpha value is -1.82. The van der Waals surface area contributed by atoms with E-state index in [1.54, 1.807) is 23.1 Å². The molecule has 1 heterocycles. The average molecular weight is 376 g/mol. The molecule has 0 radical (unpaired) electrons. The first-order chi connectivity index (χ1) is 11.4. The van der Waals surface area contributed by atoms with Gasteiger partial charge in [-0.05, 0) is 36.8 Å². The number of phenols is 1. The van der Waals surface area contributed by atoms with Gasteiger partial charge in [0.25, 0.3) is 5.91 Å². The van der Waals surface area contributed by atoms with Crippen molar-refractivity contribution in [1.82, 2.24) is 4.90 Å². The van der Waals surface area contributed by atoms with Gasteiger partial charge in [-0.1, -0.05) is 65.4 Å². The van der Waals surface area contributed by atoms with E-state index in [1.807, 2.05) is 31.2 Å². The lowest BCUT2D eigenvalue weighted by atomic mass is 10.1. The molecule has 0 aromatic heterocycles. The summed E-state index contributed by atoms with van der Waals surface area (Å²) in [6, 6.07) is 12.7. The molecule has 0 aliphatic carbocycles. The molecule has 24 heavy (non-hydrogen) atoms. The molecule has 0 unspecified atom stereocenters. The molecule has 1 aliphatic rings. The topological polar surface area (TPSA) is 40.5 Å². The number of hydrogen-bond donors (Lipinski definition) is 1. The number of thioether (sulfide) groups is 1. The number of aromatic hydroxyl groups is 1. The van der Waals surface area contributed by atoms with Crippen LogP contribution in [-0.4, -0.2) is 20.2 Å². The van der Waals surface area contributed by atoms with Crippen LogP contribution in [0.4, 0.5) is 0 Å². The highest BCUT2D eigenvalue weighted by molar-refractivity contribution is 8.26. The maximum atomic E-state index is 12.6. The normalized spacial score (nSPS) is 16.2. The maximum Gasteiger partial charge on any atom is 0.266 e. The van der Waals surface area contributed by atoms with Gasteiger partial charge in [0, 0.05) is 10.6 Å². The Balaban J connectivity index is 1.84. The van der Waals surface area contributed by atoms with Crippen LogP contribution in [0.2, 0.25) is 5.02 Å². The highest BCUT2D eigenvalue weighted by atomic mass is 35.5. The van der Waals surface area contributed by atoms with E-state index in [2.05, 4.69) is 0 Å². The van der Waals surface area contributed by atoms with Gasteiger partial charge in [-0.3, -0.25) is 9.69 Å². The van der Waals surface area contributed by atoms with Gasteiger partial charge in [0.1, 0.15) is 10.1 Å². The number of nitrogens with zero attached hydrogens (tertiary/aromatic N) is 1. The predicted molar refractivity (Wildman–Crippen MR) is 103 cm³/mol. The van der Waals surface area contributed by atoms with Crippen LogP contribution in [-0.2, 0) is 11.3 Å². The molecule has 1 N–H and O–H groups in total. The van der Waals surface area contributed by atoms with Gasteiger partial charge in [0.15, 0.2) is 0 Å². The summed E-state index contributed by atoms with van der Waals surface area (Å²) in [6.07, 6.45) is 1.62. The minimum absolute atomic E-state index is 0.0724. The molecule has 0 saturated carbocycles. The number of amides is 1. The summed E-state index contributed by atoms with van der Waals surface area (Å²) < 4.78 is 0.508. The van der Waals surface area contributed by atoms with E-state index in [0.29, 0.717) is 26.4 Å². The predicted octanol–water partition coefficient (Wildman–Crippen LogP) is 4.76. The van der Waals surface area contributed by atoms with Crippen molar-refractivity contribution >= 4 is 51.9 Å². The van der Waals surface area contributed by atoms with Gasteiger partial charge in [0.05, 0.1) is 11.4 Å². The molecule has 2 aromatic carbocycles. The van der Waals surface area contributed by atoms with E-state index in [9.17, 15) is 9.90 Å². The first kappa shape index (κ1) is 17.0. The van der Waals surface area contributed by atoms with Crippen molar-refractivity contribution in [3.63, 3.8) is 0 Å². The van der Waals surface area contributed by atoms with Crippen LogP contribution < -0.4 is 0 Å². The van der Waals surface area contributed by atoms with Crippen LogP contribution in [0.25, 0.3) is 6.08 Å². The van der Waals surface area contributed by atoms with Crippen LogP contribution >= 0.6 is 35.6 Å². The summed E-state index contributed by atoms with van der Waals surface area (Å²) in [6.45, 7) is 2.45. The molecule has 122 valence electrons. The van der Waals surface area contributed by atoms with E-state index >= 15 is 0 Å². The Morgan fingerprint density at radius 1 is 1.25 bits per heavy atom. The molecular weight excluding hydrogens is 362 g/mol. The number of rotatable bonds is 3. The van der Waals surface area contributed by atoms with E-state index in [-0.39, 0.29) is 11.7 Å². The van der Waals surface area contributed by atoms with Crippen molar-refractivity contribution in [1.29, 1.82) is 0 Å². The zero-order chi connectivity index (χ0) is 17.3. The largest absolute Gasteiger partial charge is 0.507 e. The zero-order valence-corrected chi connectivity index (χ0v) is 15.2. The third-order valence-electron chi connectivity index (χ3n) is 3.61. The SMILES string of the molecule is Cc1ccc(CN2C(=O)/C(=C/c3cc(Cl)ccc3O)SC2=S)cc1. The Morgan fingerprint density at radius 2 is 1.96 bits per heavy atom. The second-order valence-electron chi connectivity index (χ2n) is 5.46. The van der Waals surface area contributed by atoms with Crippen molar-refractivity contribution in [2.45, 2.75) is 13.5 Å². The quantitative estimate of drug-likeness (QED) is 0.620. The zero-order valence-electron chi connectivity index (χ0n) is 12.8. The summed E-state index contributed by atoms with van der Waals surface area (Å²) in [5, 5.41) is 10.4. The molecule has 1 fully saturated rings. The Kier molecular flexibility index (Phi) is 4.94. The van der Waals surface area contributed by atoms with E-state index < -0.39 is 0 Å². The maximum absolute atomic E-state index is 12.6. The number of halogens is 1. The molecule has 2 aromatic rings. The first-order valence-electron chi connectivity index (χ1n) is 7.23. The van der Waals surface area contributed by atoms with Crippen LogP contribution in [0.5, 0.6) is 5.75 Å². The van der Waals surface area contributed by atoms with Crippen molar-refractivity contribution in [3.05, 3.63) is 69.1 Å². The van der Waals surface area contributed by atoms with Gasteiger partial charge in [-0.25, -0.2) is 0 Å². The van der Waals surface area contributed by atoms with Gasteiger partial charge in [-0.15, -0.1) is 0 Å². The van der Waals surface area contributed by atoms with Gasteiger partial charge >= 0.3 is 0 Å². The minimum Gasteiger partial charge on any atom is -0.507 e. The lowest BCUT2D eigenvalue weighted by molar-refractivity contribution is -0.122. The molecule has 1 aliphatic heterocycles. The highest BCUT2D eigenvalue weighted by Crippen LogP contribution is 2.35. The number of hydrogen-bond acceptors (Lipinski definition) is 4. The molecular formula is C18H14ClNO2S2. The molecule has 1 saturated heterocycles. The molecule has 3 rings (SSSR count). The lowest BCUT2D eigenvalue weighted by Crippen LogP contribution is -2.27. The summed E-state index contributed by atoms with van der Waals surface area (Å²) in [4.78, 5) is 14.7. The first-order valence-corrected chi connectivity index (χ1v) is 8.84. The fourth-order valence-corrected chi connectivity index (χ4v) is 3.72. The Bertz CT molecular complexity index is 847. The van der Waals surface area contributed by atoms with Crippen LogP contribution in [0.15, 0.2) is 47.4 Å². The molecule has 3 nitrogen and oxygen atoms in total. The van der Waals surface area contributed by atoms with Crippen LogP contribution in [0, 0.1) is 6.92 Å². The van der Waals surface area contributed by atoms with Crippen molar-refractivity contribution in [2.75, 3.05) is 0 Å². The van der Waals surface area contributed by atoms with E-state index in [1.165, 1.54) is 23.4 Å². The number of phenolic OH excluding ortho intramolecular Hbond substituents is 1. The number of benzene rings is 2. The average Bonchev–Trinajstić information content (AvgIpc) is 2.80. The molecule has 0 atom stereocenters. The number of aryl methyl sites for hydroxylation is 1. The van der Waals surface area contributed by atoms with Crippen molar-refractivity contribution < 1.29 is 9.90 Å². The standard InChI is InChI=1S/C18H14ClNO2S2/c1-11-2-4-12(5-3-11)10-20-17(22)16(24-18(20)23)9-13-8-14(19)6-7-15(13)21/h2-9,21H,10H2,1H3/b16-9-. The summed E-state index contributed by atoms with van der Waals surface area (Å²) in [5.41, 5.74) is 2.68. The summed E-state index contributed by atoms with van der Waals surface area (Å²) in [5.74, 6) is -0.0897. The smallest absolute Gasteiger partial charge is 0.266 e. The number of carbonyl (C=O) groups excluding carboxylic acids is 1. The summed E-state index contributed by atoms with van der Waals surface area (Å²) >= 11 is 12.5. The number of carbonyl (C=O) groups is 1.